The molecular formula is C13H20N2. The van der Waals surface area contributed by atoms with E-state index in [2.05, 4.69) is 24.0 Å². The zero-order chi connectivity index (χ0) is 11.1. The second-order valence-electron chi connectivity index (χ2n) is 3.73. The van der Waals surface area contributed by atoms with E-state index in [0.29, 0.717) is 5.84 Å². The standard InChI is InChI=1S/C13H20N2/c1-3-5-6-11-7-9-12(10-8-11)15-13(14)4-2/h7-10H,3-6H2,1-2H3,(H2,14,15). The molecule has 0 heterocycles. The maximum absolute atomic E-state index is 5.67. The van der Waals surface area contributed by atoms with E-state index >= 15 is 0 Å². The van der Waals surface area contributed by atoms with Gasteiger partial charge in [0.05, 0.1) is 11.5 Å². The lowest BCUT2D eigenvalue weighted by Crippen LogP contribution is -2.08. The molecule has 0 unspecified atom stereocenters. The van der Waals surface area contributed by atoms with Crippen LogP contribution in [0, 0.1) is 0 Å². The Morgan fingerprint density at radius 2 is 1.87 bits per heavy atom. The van der Waals surface area contributed by atoms with Crippen molar-refractivity contribution in [2.75, 3.05) is 0 Å². The second kappa shape index (κ2) is 6.23. The lowest BCUT2D eigenvalue weighted by Gasteiger charge is -2.01. The van der Waals surface area contributed by atoms with Crippen molar-refractivity contribution >= 4 is 11.5 Å². The summed E-state index contributed by atoms with van der Waals surface area (Å²) < 4.78 is 0. The molecule has 0 bridgehead atoms. The molecule has 1 rings (SSSR count). The average molecular weight is 204 g/mol. The number of nitrogens with two attached hydrogens (primary N) is 1. The third-order valence-electron chi connectivity index (χ3n) is 2.39. The normalized spacial score (nSPS) is 11.7. The molecule has 0 spiro atoms. The van der Waals surface area contributed by atoms with Gasteiger partial charge in [-0.2, -0.15) is 0 Å². The number of unbranched alkanes of at least 4 members (excludes halogenated alkanes) is 1. The van der Waals surface area contributed by atoms with Gasteiger partial charge in [-0.15, -0.1) is 0 Å². The summed E-state index contributed by atoms with van der Waals surface area (Å²) in [5.74, 6) is 0.691. The van der Waals surface area contributed by atoms with Gasteiger partial charge in [-0.3, -0.25) is 0 Å². The number of hydrogen-bond acceptors (Lipinski definition) is 1. The third kappa shape index (κ3) is 4.15. The highest BCUT2D eigenvalue weighted by Gasteiger charge is 1.94. The first-order chi connectivity index (χ1) is 7.26. The molecule has 0 saturated carbocycles. The Hall–Kier alpha value is -1.31. The van der Waals surface area contributed by atoms with Crippen LogP contribution in [0.25, 0.3) is 0 Å². The Bertz CT molecular complexity index is 312. The first-order valence-corrected chi connectivity index (χ1v) is 5.68. The number of amidine groups is 1. The summed E-state index contributed by atoms with van der Waals surface area (Å²) in [6.07, 6.45) is 4.45. The molecule has 2 heteroatoms. The van der Waals surface area contributed by atoms with E-state index in [-0.39, 0.29) is 0 Å². The predicted octanol–water partition coefficient (Wildman–Crippen LogP) is 3.43. The fourth-order valence-electron chi connectivity index (χ4n) is 1.36. The number of nitrogens with zero attached hydrogens (tertiary/aromatic N) is 1. The van der Waals surface area contributed by atoms with Gasteiger partial charge >= 0.3 is 0 Å². The summed E-state index contributed by atoms with van der Waals surface area (Å²) in [4.78, 5) is 4.29. The van der Waals surface area contributed by atoms with Crippen LogP contribution in [0.3, 0.4) is 0 Å². The highest BCUT2D eigenvalue weighted by Crippen LogP contribution is 2.14. The maximum Gasteiger partial charge on any atom is 0.0993 e. The molecular weight excluding hydrogens is 184 g/mol. The first-order valence-electron chi connectivity index (χ1n) is 5.68. The van der Waals surface area contributed by atoms with Gasteiger partial charge in [-0.25, -0.2) is 4.99 Å². The number of hydrogen-bond donors (Lipinski definition) is 1. The summed E-state index contributed by atoms with van der Waals surface area (Å²) in [7, 11) is 0. The molecule has 1 aromatic carbocycles. The lowest BCUT2D eigenvalue weighted by molar-refractivity contribution is 0.795. The highest BCUT2D eigenvalue weighted by molar-refractivity contribution is 5.82. The van der Waals surface area contributed by atoms with Crippen molar-refractivity contribution in [2.45, 2.75) is 39.5 Å². The number of benzene rings is 1. The second-order valence-corrected chi connectivity index (χ2v) is 3.73. The van der Waals surface area contributed by atoms with Gasteiger partial charge in [0.15, 0.2) is 0 Å². The van der Waals surface area contributed by atoms with E-state index in [9.17, 15) is 0 Å². The minimum atomic E-state index is 0.691. The van der Waals surface area contributed by atoms with Crippen LogP contribution in [0.2, 0.25) is 0 Å². The highest BCUT2D eigenvalue weighted by atomic mass is 14.8. The molecule has 0 saturated heterocycles. The summed E-state index contributed by atoms with van der Waals surface area (Å²) >= 11 is 0. The van der Waals surface area contributed by atoms with Gasteiger partial charge in [0.25, 0.3) is 0 Å². The summed E-state index contributed by atoms with van der Waals surface area (Å²) in [6.45, 7) is 4.22. The van der Waals surface area contributed by atoms with Crippen LogP contribution < -0.4 is 5.73 Å². The van der Waals surface area contributed by atoms with Crippen LogP contribution in [0.5, 0.6) is 0 Å². The molecule has 0 atom stereocenters. The largest absolute Gasteiger partial charge is 0.387 e. The first kappa shape index (κ1) is 11.8. The summed E-state index contributed by atoms with van der Waals surface area (Å²) in [6, 6.07) is 8.34. The molecule has 2 nitrogen and oxygen atoms in total. The smallest absolute Gasteiger partial charge is 0.0993 e. The molecule has 1 aromatic rings. The number of aryl methyl sites for hydroxylation is 1. The molecule has 0 aliphatic rings. The van der Waals surface area contributed by atoms with Crippen molar-refractivity contribution in [1.29, 1.82) is 0 Å². The van der Waals surface area contributed by atoms with E-state index in [1.165, 1.54) is 18.4 Å². The van der Waals surface area contributed by atoms with Gasteiger partial charge < -0.3 is 5.73 Å². The van der Waals surface area contributed by atoms with Gasteiger partial charge in [0.2, 0.25) is 0 Å². The molecule has 0 amide bonds. The molecule has 0 aliphatic heterocycles. The van der Waals surface area contributed by atoms with Crippen LogP contribution in [0.1, 0.15) is 38.7 Å². The van der Waals surface area contributed by atoms with Crippen LogP contribution in [0.15, 0.2) is 29.3 Å². The molecule has 0 aliphatic carbocycles. The minimum absolute atomic E-state index is 0.691. The van der Waals surface area contributed by atoms with Crippen molar-refractivity contribution in [3.63, 3.8) is 0 Å². The van der Waals surface area contributed by atoms with Gasteiger partial charge in [-0.05, 0) is 30.5 Å². The van der Waals surface area contributed by atoms with Crippen molar-refractivity contribution < 1.29 is 0 Å². The van der Waals surface area contributed by atoms with Crippen molar-refractivity contribution in [2.24, 2.45) is 10.7 Å². The fraction of sp³-hybridized carbons (Fsp3) is 0.462. The van der Waals surface area contributed by atoms with Crippen LogP contribution in [-0.2, 0) is 6.42 Å². The SMILES string of the molecule is CCCCc1ccc(N=C(N)CC)cc1. The number of rotatable bonds is 5. The molecule has 0 aromatic heterocycles. The summed E-state index contributed by atoms with van der Waals surface area (Å²) in [5.41, 5.74) is 8.01. The van der Waals surface area contributed by atoms with Crippen LogP contribution >= 0.6 is 0 Å². The Balaban J connectivity index is 2.64. The zero-order valence-electron chi connectivity index (χ0n) is 9.66. The van der Waals surface area contributed by atoms with E-state index in [1.54, 1.807) is 0 Å². The Kier molecular flexibility index (Phi) is 4.88. The minimum Gasteiger partial charge on any atom is -0.387 e. The number of aliphatic imine (C=N–C) groups is 1. The van der Waals surface area contributed by atoms with Crippen molar-refractivity contribution in [1.82, 2.24) is 0 Å². The maximum atomic E-state index is 5.67. The van der Waals surface area contributed by atoms with Gasteiger partial charge in [-0.1, -0.05) is 32.4 Å². The quantitative estimate of drug-likeness (QED) is 0.579. The van der Waals surface area contributed by atoms with Crippen LogP contribution in [0.4, 0.5) is 5.69 Å². The zero-order valence-corrected chi connectivity index (χ0v) is 9.66. The Morgan fingerprint density at radius 1 is 1.20 bits per heavy atom. The van der Waals surface area contributed by atoms with Gasteiger partial charge in [0, 0.05) is 6.42 Å². The molecule has 0 radical (unpaired) electrons. The average Bonchev–Trinajstić information content (AvgIpc) is 2.28. The van der Waals surface area contributed by atoms with E-state index < -0.39 is 0 Å². The molecule has 82 valence electrons. The van der Waals surface area contributed by atoms with Crippen molar-refractivity contribution in [3.8, 4) is 0 Å². The third-order valence-corrected chi connectivity index (χ3v) is 2.39. The topological polar surface area (TPSA) is 38.4 Å². The predicted molar refractivity (Wildman–Crippen MR) is 66.6 cm³/mol. The monoisotopic (exact) mass is 204 g/mol. The van der Waals surface area contributed by atoms with Gasteiger partial charge in [0.1, 0.15) is 0 Å². The Morgan fingerprint density at radius 3 is 2.40 bits per heavy atom. The van der Waals surface area contributed by atoms with Crippen molar-refractivity contribution in [3.05, 3.63) is 29.8 Å². The lowest BCUT2D eigenvalue weighted by atomic mass is 10.1. The molecule has 2 N–H and O–H groups in total. The van der Waals surface area contributed by atoms with E-state index in [1.807, 2.05) is 19.1 Å². The molecule has 0 fully saturated rings. The van der Waals surface area contributed by atoms with E-state index in [0.717, 1.165) is 18.5 Å². The fourth-order valence-corrected chi connectivity index (χ4v) is 1.36. The van der Waals surface area contributed by atoms with E-state index in [4.69, 9.17) is 5.73 Å². The summed E-state index contributed by atoms with van der Waals surface area (Å²) in [5, 5.41) is 0. The Labute approximate surface area is 92.2 Å². The molecule has 15 heavy (non-hydrogen) atoms. The van der Waals surface area contributed by atoms with Crippen LogP contribution in [-0.4, -0.2) is 5.84 Å².